The minimum atomic E-state index is -4.98. The fourth-order valence-electron chi connectivity index (χ4n) is 3.58. The van der Waals surface area contributed by atoms with Gasteiger partial charge < -0.3 is 15.0 Å². The second kappa shape index (κ2) is 11.2. The number of aromatic nitrogens is 3. The van der Waals surface area contributed by atoms with E-state index in [1.54, 1.807) is 6.20 Å². The number of anilines is 2. The number of ether oxygens (including phenoxy) is 1. The lowest BCUT2D eigenvalue weighted by atomic mass is 10.1. The average Bonchev–Trinajstić information content (AvgIpc) is 3.29. The standard InChI is InChI=1S/C23H24F3N7O3S/c1-14-5-6-27-17(11-14)21-30-31-22(37-21)29-20(35)15-3-4-18(36-23(24,25)26)16(12-15)28-19(34)13-33-9-7-32(2)8-10-33/h3-6,11-12H,7-10,13H2,1-2H3,(H,28,34)(H,29,31,35). The number of benzene rings is 1. The maximum atomic E-state index is 12.9. The predicted molar refractivity (Wildman–Crippen MR) is 132 cm³/mol. The van der Waals surface area contributed by atoms with Crippen LogP contribution in [0.1, 0.15) is 15.9 Å². The summed E-state index contributed by atoms with van der Waals surface area (Å²) in [6.07, 6.45) is -3.35. The first-order chi connectivity index (χ1) is 17.6. The minimum Gasteiger partial charge on any atom is -0.404 e. The number of rotatable bonds is 7. The van der Waals surface area contributed by atoms with Gasteiger partial charge in [-0.25, -0.2) is 0 Å². The quantitative estimate of drug-likeness (QED) is 0.474. The van der Waals surface area contributed by atoms with Crippen molar-refractivity contribution in [2.45, 2.75) is 13.3 Å². The zero-order valence-electron chi connectivity index (χ0n) is 20.0. The van der Waals surface area contributed by atoms with Gasteiger partial charge in [0.25, 0.3) is 5.91 Å². The summed E-state index contributed by atoms with van der Waals surface area (Å²) in [5, 5.41) is 13.7. The molecular weight excluding hydrogens is 511 g/mol. The Kier molecular flexibility index (Phi) is 8.00. The molecule has 0 spiro atoms. The topological polar surface area (TPSA) is 113 Å². The van der Waals surface area contributed by atoms with E-state index in [1.165, 1.54) is 0 Å². The number of halogens is 3. The first-order valence-electron chi connectivity index (χ1n) is 11.2. The van der Waals surface area contributed by atoms with Gasteiger partial charge in [0.15, 0.2) is 10.8 Å². The third-order valence-corrected chi connectivity index (χ3v) is 6.35. The lowest BCUT2D eigenvalue weighted by Gasteiger charge is -2.31. The van der Waals surface area contributed by atoms with Crippen molar-refractivity contribution in [2.75, 3.05) is 50.4 Å². The zero-order chi connectivity index (χ0) is 26.6. The zero-order valence-corrected chi connectivity index (χ0v) is 20.8. The second-order valence-corrected chi connectivity index (χ2v) is 9.45. The number of aryl methyl sites for hydroxylation is 1. The first-order valence-corrected chi connectivity index (χ1v) is 12.1. The van der Waals surface area contributed by atoms with E-state index in [4.69, 9.17) is 0 Å². The molecule has 196 valence electrons. The van der Waals surface area contributed by atoms with Crippen LogP contribution in [0.5, 0.6) is 5.75 Å². The van der Waals surface area contributed by atoms with Gasteiger partial charge in [0.05, 0.1) is 12.2 Å². The van der Waals surface area contributed by atoms with E-state index >= 15 is 0 Å². The van der Waals surface area contributed by atoms with Gasteiger partial charge in [-0.2, -0.15) is 0 Å². The Balaban J connectivity index is 1.48. The molecule has 14 heteroatoms. The second-order valence-electron chi connectivity index (χ2n) is 8.47. The van der Waals surface area contributed by atoms with E-state index in [0.717, 1.165) is 48.2 Å². The number of carbonyl (C=O) groups excluding carboxylic acids is 2. The number of nitrogens with zero attached hydrogens (tertiary/aromatic N) is 5. The fraction of sp³-hybridized carbons (Fsp3) is 0.348. The number of likely N-dealkylation sites (N-methyl/N-ethyl adjacent to an activating group) is 1. The number of nitrogens with one attached hydrogen (secondary N) is 2. The molecule has 2 aromatic heterocycles. The Labute approximate surface area is 214 Å². The summed E-state index contributed by atoms with van der Waals surface area (Å²) in [5.41, 5.74) is 1.30. The molecule has 2 amide bonds. The fourth-order valence-corrected chi connectivity index (χ4v) is 4.29. The summed E-state index contributed by atoms with van der Waals surface area (Å²) >= 11 is 1.09. The van der Waals surface area contributed by atoms with Gasteiger partial charge in [-0.15, -0.1) is 23.4 Å². The van der Waals surface area contributed by atoms with Crippen LogP contribution in [0.15, 0.2) is 36.5 Å². The van der Waals surface area contributed by atoms with Crippen molar-refractivity contribution in [3.8, 4) is 16.5 Å². The summed E-state index contributed by atoms with van der Waals surface area (Å²) in [6.45, 7) is 4.76. The summed E-state index contributed by atoms with van der Waals surface area (Å²) in [5.74, 6) is -1.79. The van der Waals surface area contributed by atoms with E-state index < -0.39 is 23.9 Å². The van der Waals surface area contributed by atoms with Crippen molar-refractivity contribution >= 4 is 34.0 Å². The molecule has 0 bridgehead atoms. The SMILES string of the molecule is Cc1ccnc(-c2nnc(NC(=O)c3ccc(OC(F)(F)F)c(NC(=O)CN4CCN(C)CC4)c3)s2)c1. The summed E-state index contributed by atoms with van der Waals surface area (Å²) < 4.78 is 42.9. The Morgan fingerprint density at radius 3 is 2.54 bits per heavy atom. The van der Waals surface area contributed by atoms with Crippen LogP contribution in [0.2, 0.25) is 0 Å². The van der Waals surface area contributed by atoms with Crippen molar-refractivity contribution in [3.63, 3.8) is 0 Å². The van der Waals surface area contributed by atoms with Gasteiger partial charge in [0, 0.05) is 37.9 Å². The van der Waals surface area contributed by atoms with Crippen LogP contribution in [0.3, 0.4) is 0 Å². The predicted octanol–water partition coefficient (Wildman–Crippen LogP) is 3.25. The summed E-state index contributed by atoms with van der Waals surface area (Å²) in [4.78, 5) is 33.6. The van der Waals surface area contributed by atoms with Gasteiger partial charge >= 0.3 is 6.36 Å². The third kappa shape index (κ3) is 7.44. The van der Waals surface area contributed by atoms with E-state index in [2.05, 4.69) is 35.5 Å². The van der Waals surface area contributed by atoms with Gasteiger partial charge in [0.1, 0.15) is 5.69 Å². The van der Waals surface area contributed by atoms with E-state index in [1.807, 2.05) is 31.0 Å². The normalized spacial score (nSPS) is 14.8. The van der Waals surface area contributed by atoms with Crippen molar-refractivity contribution in [2.24, 2.45) is 0 Å². The number of alkyl halides is 3. The largest absolute Gasteiger partial charge is 0.573 e. The third-order valence-electron chi connectivity index (χ3n) is 5.48. The molecule has 4 rings (SSSR count). The number of piperazine rings is 1. The molecule has 1 aromatic carbocycles. The Hall–Kier alpha value is -3.62. The molecule has 2 N–H and O–H groups in total. The highest BCUT2D eigenvalue weighted by molar-refractivity contribution is 7.18. The van der Waals surface area contributed by atoms with Crippen molar-refractivity contribution < 1.29 is 27.5 Å². The number of pyridine rings is 1. The maximum Gasteiger partial charge on any atom is 0.573 e. The first kappa shape index (κ1) is 26.4. The van der Waals surface area contributed by atoms with Gasteiger partial charge in [-0.05, 0) is 49.9 Å². The van der Waals surface area contributed by atoms with Crippen molar-refractivity contribution in [1.29, 1.82) is 0 Å². The monoisotopic (exact) mass is 535 g/mol. The van der Waals surface area contributed by atoms with Crippen LogP contribution < -0.4 is 15.4 Å². The Bertz CT molecular complexity index is 1280. The molecule has 1 saturated heterocycles. The number of carbonyl (C=O) groups is 2. The molecule has 1 aliphatic rings. The molecule has 0 unspecified atom stereocenters. The molecule has 1 aliphatic heterocycles. The highest BCUT2D eigenvalue weighted by atomic mass is 32.1. The van der Waals surface area contributed by atoms with Crippen LogP contribution in [0, 0.1) is 6.92 Å². The van der Waals surface area contributed by atoms with E-state index in [9.17, 15) is 22.8 Å². The highest BCUT2D eigenvalue weighted by Crippen LogP contribution is 2.32. The lowest BCUT2D eigenvalue weighted by Crippen LogP contribution is -2.47. The molecule has 0 saturated carbocycles. The molecule has 0 aliphatic carbocycles. The Morgan fingerprint density at radius 2 is 1.84 bits per heavy atom. The minimum absolute atomic E-state index is 0.00369. The molecule has 1 fully saturated rings. The highest BCUT2D eigenvalue weighted by Gasteiger charge is 2.33. The number of hydrogen-bond acceptors (Lipinski definition) is 9. The summed E-state index contributed by atoms with van der Waals surface area (Å²) in [6, 6.07) is 6.93. The maximum absolute atomic E-state index is 12.9. The lowest BCUT2D eigenvalue weighted by molar-refractivity contribution is -0.274. The smallest absolute Gasteiger partial charge is 0.404 e. The molecular formula is C23H24F3N7O3S. The van der Waals surface area contributed by atoms with Crippen LogP contribution >= 0.6 is 11.3 Å². The van der Waals surface area contributed by atoms with Gasteiger partial charge in [-0.3, -0.25) is 24.8 Å². The molecule has 37 heavy (non-hydrogen) atoms. The molecule has 3 heterocycles. The molecule has 3 aromatic rings. The van der Waals surface area contributed by atoms with Crippen LogP contribution in [-0.4, -0.2) is 82.9 Å². The van der Waals surface area contributed by atoms with Gasteiger partial charge in [-0.1, -0.05) is 11.3 Å². The number of hydrogen-bond donors (Lipinski definition) is 2. The van der Waals surface area contributed by atoms with Gasteiger partial charge in [0.2, 0.25) is 11.0 Å². The number of amides is 2. The van der Waals surface area contributed by atoms with E-state index in [-0.39, 0.29) is 22.9 Å². The molecule has 0 radical (unpaired) electrons. The Morgan fingerprint density at radius 1 is 1.08 bits per heavy atom. The molecule has 10 nitrogen and oxygen atoms in total. The van der Waals surface area contributed by atoms with Crippen LogP contribution in [-0.2, 0) is 4.79 Å². The molecule has 0 atom stereocenters. The summed E-state index contributed by atoms with van der Waals surface area (Å²) in [7, 11) is 1.97. The van der Waals surface area contributed by atoms with E-state index in [0.29, 0.717) is 23.8 Å². The van der Waals surface area contributed by atoms with Crippen molar-refractivity contribution in [1.82, 2.24) is 25.0 Å². The van der Waals surface area contributed by atoms with Crippen molar-refractivity contribution in [3.05, 3.63) is 47.7 Å². The van der Waals surface area contributed by atoms with Crippen LogP contribution in [0.25, 0.3) is 10.7 Å². The average molecular weight is 536 g/mol. The van der Waals surface area contributed by atoms with Crippen LogP contribution in [0.4, 0.5) is 24.0 Å².